The third kappa shape index (κ3) is 3.07. The number of anilines is 1. The van der Waals surface area contributed by atoms with E-state index < -0.39 is 11.4 Å². The first-order chi connectivity index (χ1) is 9.40. The molecular weight excluding hydrogens is 258 g/mol. The largest absolute Gasteiger partial charge is 0.481 e. The van der Waals surface area contributed by atoms with Gasteiger partial charge in [-0.1, -0.05) is 0 Å². The Bertz CT molecular complexity index is 532. The number of carboxylic acids is 1. The molecule has 6 nitrogen and oxygen atoms in total. The summed E-state index contributed by atoms with van der Waals surface area (Å²) < 4.78 is 0. The van der Waals surface area contributed by atoms with Gasteiger partial charge in [-0.3, -0.25) is 9.78 Å². The number of pyridine rings is 1. The number of amides is 2. The Morgan fingerprint density at radius 3 is 2.85 bits per heavy atom. The molecule has 6 heteroatoms. The minimum absolute atomic E-state index is 0.230. The van der Waals surface area contributed by atoms with Crippen molar-refractivity contribution in [2.45, 2.75) is 26.7 Å². The molecule has 0 bridgehead atoms. The zero-order chi connectivity index (χ0) is 14.8. The minimum Gasteiger partial charge on any atom is -0.481 e. The van der Waals surface area contributed by atoms with Crippen LogP contribution in [0.25, 0.3) is 0 Å². The summed E-state index contributed by atoms with van der Waals surface area (Å²) in [6, 6.07) is 1.55. The zero-order valence-corrected chi connectivity index (χ0v) is 11.7. The number of aliphatic carboxylic acids is 1. The molecule has 1 unspecified atom stereocenters. The van der Waals surface area contributed by atoms with Crippen LogP contribution in [-0.4, -0.2) is 40.1 Å². The number of carbonyl (C=O) groups excluding carboxylic acids is 1. The van der Waals surface area contributed by atoms with Gasteiger partial charge in [-0.2, -0.15) is 0 Å². The van der Waals surface area contributed by atoms with Gasteiger partial charge in [0.15, 0.2) is 0 Å². The highest BCUT2D eigenvalue weighted by Crippen LogP contribution is 2.29. The van der Waals surface area contributed by atoms with Gasteiger partial charge in [-0.05, 0) is 38.3 Å². The Labute approximate surface area is 117 Å². The van der Waals surface area contributed by atoms with Gasteiger partial charge in [0.25, 0.3) is 0 Å². The number of carboxylic acid groups (broad SMARTS) is 1. The van der Waals surface area contributed by atoms with Crippen molar-refractivity contribution in [1.29, 1.82) is 0 Å². The monoisotopic (exact) mass is 277 g/mol. The summed E-state index contributed by atoms with van der Waals surface area (Å²) in [6.45, 7) is 4.38. The van der Waals surface area contributed by atoms with E-state index in [-0.39, 0.29) is 12.6 Å². The average molecular weight is 277 g/mol. The number of hydrogen-bond acceptors (Lipinski definition) is 3. The number of aromatic nitrogens is 1. The molecule has 1 aliphatic heterocycles. The van der Waals surface area contributed by atoms with Crippen LogP contribution in [0.4, 0.5) is 10.5 Å². The molecule has 1 aromatic heterocycles. The number of urea groups is 1. The van der Waals surface area contributed by atoms with E-state index in [1.54, 1.807) is 24.2 Å². The second-order valence-electron chi connectivity index (χ2n) is 5.57. The quantitative estimate of drug-likeness (QED) is 0.867. The molecule has 1 aliphatic rings. The fraction of sp³-hybridized carbons (Fsp3) is 0.500. The van der Waals surface area contributed by atoms with Crippen molar-refractivity contribution in [3.05, 3.63) is 24.0 Å². The van der Waals surface area contributed by atoms with Gasteiger partial charge in [-0.15, -0.1) is 0 Å². The van der Waals surface area contributed by atoms with E-state index in [2.05, 4.69) is 10.3 Å². The fourth-order valence-electron chi connectivity index (χ4n) is 2.41. The van der Waals surface area contributed by atoms with E-state index in [4.69, 9.17) is 0 Å². The number of piperidine rings is 1. The maximum absolute atomic E-state index is 12.2. The van der Waals surface area contributed by atoms with Crippen molar-refractivity contribution < 1.29 is 14.7 Å². The zero-order valence-electron chi connectivity index (χ0n) is 11.7. The SMILES string of the molecule is Cc1cncc(NC(=O)N2CCCC(C)(C(=O)O)C2)c1. The van der Waals surface area contributed by atoms with Gasteiger partial charge >= 0.3 is 12.0 Å². The normalized spacial score (nSPS) is 22.4. The summed E-state index contributed by atoms with van der Waals surface area (Å²) in [5.74, 6) is -0.854. The Balaban J connectivity index is 2.04. The first-order valence-electron chi connectivity index (χ1n) is 6.62. The highest BCUT2D eigenvalue weighted by atomic mass is 16.4. The molecule has 2 heterocycles. The Hall–Kier alpha value is -2.11. The van der Waals surface area contributed by atoms with Crippen molar-refractivity contribution in [3.63, 3.8) is 0 Å². The Morgan fingerprint density at radius 1 is 1.45 bits per heavy atom. The summed E-state index contributed by atoms with van der Waals surface area (Å²) in [5.41, 5.74) is 0.717. The van der Waals surface area contributed by atoms with Gasteiger partial charge in [0, 0.05) is 19.3 Å². The maximum Gasteiger partial charge on any atom is 0.321 e. The predicted molar refractivity (Wildman–Crippen MR) is 74.5 cm³/mol. The smallest absolute Gasteiger partial charge is 0.321 e. The molecule has 20 heavy (non-hydrogen) atoms. The number of nitrogens with zero attached hydrogens (tertiary/aromatic N) is 2. The van der Waals surface area contributed by atoms with E-state index in [1.807, 2.05) is 13.0 Å². The van der Waals surface area contributed by atoms with Crippen molar-refractivity contribution in [2.75, 3.05) is 18.4 Å². The number of hydrogen-bond donors (Lipinski definition) is 2. The van der Waals surface area contributed by atoms with E-state index >= 15 is 0 Å². The van der Waals surface area contributed by atoms with Crippen LogP contribution < -0.4 is 5.32 Å². The standard InChI is InChI=1S/C14H19N3O3/c1-10-6-11(8-15-7-10)16-13(20)17-5-3-4-14(2,9-17)12(18)19/h6-8H,3-5,9H2,1-2H3,(H,16,20)(H,18,19). The number of likely N-dealkylation sites (tertiary alicyclic amines) is 1. The lowest BCUT2D eigenvalue weighted by molar-refractivity contribution is -0.150. The van der Waals surface area contributed by atoms with E-state index in [0.29, 0.717) is 25.1 Å². The lowest BCUT2D eigenvalue weighted by atomic mass is 9.82. The molecule has 0 aromatic carbocycles. The molecule has 108 valence electrons. The molecule has 0 spiro atoms. The lowest BCUT2D eigenvalue weighted by Crippen LogP contribution is -2.49. The molecule has 2 N–H and O–H groups in total. The van der Waals surface area contributed by atoms with Crippen LogP contribution in [0.15, 0.2) is 18.5 Å². The van der Waals surface area contributed by atoms with Crippen molar-refractivity contribution >= 4 is 17.7 Å². The topological polar surface area (TPSA) is 82.5 Å². The fourth-order valence-corrected chi connectivity index (χ4v) is 2.41. The molecule has 1 aromatic rings. The van der Waals surface area contributed by atoms with Gasteiger partial charge in [0.05, 0.1) is 17.3 Å². The van der Waals surface area contributed by atoms with Crippen LogP contribution in [0.3, 0.4) is 0 Å². The summed E-state index contributed by atoms with van der Waals surface area (Å²) in [7, 11) is 0. The van der Waals surface area contributed by atoms with Crippen LogP contribution in [0, 0.1) is 12.3 Å². The molecule has 2 rings (SSSR count). The van der Waals surface area contributed by atoms with E-state index in [9.17, 15) is 14.7 Å². The number of aryl methyl sites for hydroxylation is 1. The first-order valence-corrected chi connectivity index (χ1v) is 6.62. The molecule has 1 saturated heterocycles. The van der Waals surface area contributed by atoms with Crippen LogP contribution in [0.5, 0.6) is 0 Å². The molecule has 0 aliphatic carbocycles. The minimum atomic E-state index is -0.861. The van der Waals surface area contributed by atoms with Gasteiger partial charge in [0.2, 0.25) is 0 Å². The summed E-state index contributed by atoms with van der Waals surface area (Å²) in [5, 5.41) is 12.0. The Kier molecular flexibility index (Phi) is 3.92. The molecule has 0 saturated carbocycles. The highest BCUT2D eigenvalue weighted by molar-refractivity contribution is 5.90. The average Bonchev–Trinajstić information content (AvgIpc) is 2.38. The first kappa shape index (κ1) is 14.3. The maximum atomic E-state index is 12.2. The third-order valence-electron chi connectivity index (χ3n) is 3.63. The van der Waals surface area contributed by atoms with Crippen molar-refractivity contribution in [1.82, 2.24) is 9.88 Å². The van der Waals surface area contributed by atoms with Gasteiger partial charge in [-0.25, -0.2) is 4.79 Å². The second kappa shape index (κ2) is 5.48. The number of nitrogens with one attached hydrogen (secondary N) is 1. The van der Waals surface area contributed by atoms with E-state index in [0.717, 1.165) is 5.56 Å². The van der Waals surface area contributed by atoms with Gasteiger partial charge < -0.3 is 15.3 Å². The van der Waals surface area contributed by atoms with Crippen LogP contribution in [0.2, 0.25) is 0 Å². The van der Waals surface area contributed by atoms with Crippen LogP contribution in [0.1, 0.15) is 25.3 Å². The molecular formula is C14H19N3O3. The third-order valence-corrected chi connectivity index (χ3v) is 3.63. The van der Waals surface area contributed by atoms with Gasteiger partial charge in [0.1, 0.15) is 0 Å². The summed E-state index contributed by atoms with van der Waals surface area (Å²) >= 11 is 0. The highest BCUT2D eigenvalue weighted by Gasteiger charge is 2.39. The van der Waals surface area contributed by atoms with Crippen molar-refractivity contribution in [2.24, 2.45) is 5.41 Å². The van der Waals surface area contributed by atoms with Crippen molar-refractivity contribution in [3.8, 4) is 0 Å². The van der Waals surface area contributed by atoms with E-state index in [1.165, 1.54) is 0 Å². The van der Waals surface area contributed by atoms with Crippen LogP contribution >= 0.6 is 0 Å². The number of rotatable bonds is 2. The molecule has 2 amide bonds. The Morgan fingerprint density at radius 2 is 2.20 bits per heavy atom. The lowest BCUT2D eigenvalue weighted by Gasteiger charge is -2.37. The summed E-state index contributed by atoms with van der Waals surface area (Å²) in [4.78, 5) is 29.0. The predicted octanol–water partition coefficient (Wildman–Crippen LogP) is 2.11. The molecule has 1 fully saturated rings. The molecule has 1 atom stereocenters. The summed E-state index contributed by atoms with van der Waals surface area (Å²) in [6.07, 6.45) is 4.57. The number of carbonyl (C=O) groups is 2. The molecule has 0 radical (unpaired) electrons. The van der Waals surface area contributed by atoms with Crippen LogP contribution in [-0.2, 0) is 4.79 Å². The second-order valence-corrected chi connectivity index (χ2v) is 5.57.